The first-order valence-corrected chi connectivity index (χ1v) is 4.20. The molecule has 2 N–H and O–H groups in total. The van der Waals surface area contributed by atoms with Crippen molar-refractivity contribution in [2.45, 2.75) is 0 Å². The smallest absolute Gasteiger partial charge is 0.344 e. The quantitative estimate of drug-likeness (QED) is 0.558. The van der Waals surface area contributed by atoms with Gasteiger partial charge in [0, 0.05) is 0 Å². The highest BCUT2D eigenvalue weighted by Gasteiger charge is 2.10. The Morgan fingerprint density at radius 2 is 2.07 bits per heavy atom. The van der Waals surface area contributed by atoms with Gasteiger partial charge in [-0.2, -0.15) is 0 Å². The van der Waals surface area contributed by atoms with Crippen LogP contribution in [0, 0.1) is 0 Å². The van der Waals surface area contributed by atoms with Gasteiger partial charge in [-0.3, -0.25) is 0 Å². The minimum atomic E-state index is -0.496. The van der Waals surface area contributed by atoms with Gasteiger partial charge in [-0.25, -0.2) is 4.79 Å². The van der Waals surface area contributed by atoms with Gasteiger partial charge in [0.25, 0.3) is 5.88 Å². The van der Waals surface area contributed by atoms with Crippen molar-refractivity contribution in [3.63, 3.8) is 0 Å². The summed E-state index contributed by atoms with van der Waals surface area (Å²) in [6.45, 7) is 0. The number of ether oxygens (including phenoxy) is 1. The van der Waals surface area contributed by atoms with Crippen molar-refractivity contribution >= 4 is 5.97 Å². The molecular formula is C9H8N4O2. The first-order chi connectivity index (χ1) is 7.27. The number of benzene rings is 1. The molecule has 0 atom stereocenters. The molecule has 6 nitrogen and oxygen atoms in total. The molecule has 1 aromatic heterocycles. The maximum absolute atomic E-state index is 11.5. The van der Waals surface area contributed by atoms with Crippen LogP contribution < -0.4 is 10.6 Å². The van der Waals surface area contributed by atoms with Crippen LogP contribution in [0.4, 0.5) is 0 Å². The van der Waals surface area contributed by atoms with E-state index in [1.165, 1.54) is 6.20 Å². The van der Waals surface area contributed by atoms with E-state index < -0.39 is 5.97 Å². The van der Waals surface area contributed by atoms with Gasteiger partial charge in [-0.1, -0.05) is 18.2 Å². The number of nitrogens with zero attached hydrogens (tertiary/aromatic N) is 3. The number of aromatic nitrogens is 3. The predicted molar refractivity (Wildman–Crippen MR) is 51.6 cm³/mol. The molecule has 1 heterocycles. The summed E-state index contributed by atoms with van der Waals surface area (Å²) in [6.07, 6.45) is 1.26. The van der Waals surface area contributed by atoms with Crippen LogP contribution in [0.3, 0.4) is 0 Å². The molecule has 76 valence electrons. The summed E-state index contributed by atoms with van der Waals surface area (Å²) in [5.74, 6) is 4.94. The lowest BCUT2D eigenvalue weighted by molar-refractivity contribution is 0.0721. The van der Waals surface area contributed by atoms with Crippen molar-refractivity contribution in [1.29, 1.82) is 0 Å². The Hall–Kier alpha value is -2.37. The van der Waals surface area contributed by atoms with Crippen LogP contribution >= 0.6 is 0 Å². The van der Waals surface area contributed by atoms with Gasteiger partial charge in [0.15, 0.2) is 0 Å². The van der Waals surface area contributed by atoms with Crippen LogP contribution in [0.2, 0.25) is 0 Å². The van der Waals surface area contributed by atoms with E-state index in [9.17, 15) is 4.79 Å². The highest BCUT2D eigenvalue weighted by molar-refractivity contribution is 5.90. The zero-order valence-electron chi connectivity index (χ0n) is 7.70. The number of carbonyl (C=O) groups is 1. The maximum Gasteiger partial charge on any atom is 0.344 e. The maximum atomic E-state index is 11.5. The lowest BCUT2D eigenvalue weighted by Gasteiger charge is -2.01. The third-order valence-corrected chi connectivity index (χ3v) is 1.75. The number of nitrogens with two attached hydrogens (primary N) is 1. The molecule has 0 saturated carbocycles. The molecule has 0 aliphatic carbocycles. The van der Waals surface area contributed by atoms with Crippen LogP contribution in [0.5, 0.6) is 5.88 Å². The topological polar surface area (TPSA) is 83.0 Å². The second-order valence-corrected chi connectivity index (χ2v) is 2.77. The molecule has 0 aliphatic heterocycles. The number of rotatable bonds is 2. The van der Waals surface area contributed by atoms with Crippen LogP contribution in [-0.4, -0.2) is 21.1 Å². The standard InChI is InChI=1S/C9H8N4O2/c10-13-8(6-11-12-13)15-9(14)7-4-2-1-3-5-7/h1-6H,10H2. The Morgan fingerprint density at radius 1 is 1.33 bits per heavy atom. The van der Waals surface area contributed by atoms with Gasteiger partial charge in [-0.15, -0.1) is 9.89 Å². The van der Waals surface area contributed by atoms with Crippen molar-refractivity contribution in [3.8, 4) is 5.88 Å². The molecule has 2 aromatic rings. The summed E-state index contributed by atoms with van der Waals surface area (Å²) in [6, 6.07) is 8.59. The van der Waals surface area contributed by atoms with Gasteiger partial charge >= 0.3 is 5.97 Å². The third-order valence-electron chi connectivity index (χ3n) is 1.75. The molecule has 0 radical (unpaired) electrons. The summed E-state index contributed by atoms with van der Waals surface area (Å²) in [5.41, 5.74) is 0.443. The second kappa shape index (κ2) is 3.79. The molecule has 0 bridgehead atoms. The Bertz CT molecular complexity index is 466. The molecule has 0 aliphatic rings. The minimum absolute atomic E-state index is 0.101. The van der Waals surface area contributed by atoms with Crippen LogP contribution in [0.1, 0.15) is 10.4 Å². The fourth-order valence-corrected chi connectivity index (χ4v) is 1.04. The predicted octanol–water partition coefficient (Wildman–Crippen LogP) is 0.211. The Kier molecular flexibility index (Phi) is 2.32. The number of hydrogen-bond acceptors (Lipinski definition) is 5. The van der Waals surface area contributed by atoms with Gasteiger partial charge in [0.2, 0.25) is 0 Å². The largest absolute Gasteiger partial charge is 0.400 e. The average Bonchev–Trinajstić information content (AvgIpc) is 2.66. The van der Waals surface area contributed by atoms with Crippen LogP contribution in [-0.2, 0) is 0 Å². The van der Waals surface area contributed by atoms with Crippen molar-refractivity contribution < 1.29 is 9.53 Å². The molecule has 2 rings (SSSR count). The summed E-state index contributed by atoms with van der Waals surface area (Å²) in [5, 5.41) is 6.91. The van der Waals surface area contributed by atoms with E-state index in [1.54, 1.807) is 24.3 Å². The number of nitrogen functional groups attached to an aromatic ring is 1. The molecule has 0 saturated heterocycles. The lowest BCUT2D eigenvalue weighted by atomic mass is 10.2. The summed E-state index contributed by atoms with van der Waals surface area (Å²) in [7, 11) is 0. The Balaban J connectivity index is 2.15. The normalized spacial score (nSPS) is 9.87. The lowest BCUT2D eigenvalue weighted by Crippen LogP contribution is -2.16. The number of esters is 1. The number of carbonyl (C=O) groups excluding carboxylic acids is 1. The average molecular weight is 204 g/mol. The van der Waals surface area contributed by atoms with Crippen LogP contribution in [0.25, 0.3) is 0 Å². The molecule has 6 heteroatoms. The molecule has 0 fully saturated rings. The van der Waals surface area contributed by atoms with E-state index in [-0.39, 0.29) is 5.88 Å². The van der Waals surface area contributed by atoms with Crippen molar-refractivity contribution in [2.75, 3.05) is 5.84 Å². The summed E-state index contributed by atoms with van der Waals surface area (Å²) >= 11 is 0. The van der Waals surface area contributed by atoms with Crippen molar-refractivity contribution in [1.82, 2.24) is 15.1 Å². The highest BCUT2D eigenvalue weighted by Crippen LogP contribution is 2.07. The van der Waals surface area contributed by atoms with E-state index in [0.29, 0.717) is 5.56 Å². The first kappa shape index (κ1) is 9.20. The van der Waals surface area contributed by atoms with E-state index in [4.69, 9.17) is 10.6 Å². The van der Waals surface area contributed by atoms with Gasteiger partial charge < -0.3 is 10.6 Å². The Morgan fingerprint density at radius 3 is 2.67 bits per heavy atom. The fraction of sp³-hybridized carbons (Fsp3) is 0. The molecule has 15 heavy (non-hydrogen) atoms. The molecular weight excluding hydrogens is 196 g/mol. The van der Waals surface area contributed by atoms with Crippen LogP contribution in [0.15, 0.2) is 36.5 Å². The van der Waals surface area contributed by atoms with E-state index in [1.807, 2.05) is 6.07 Å². The van der Waals surface area contributed by atoms with Gasteiger partial charge in [0.1, 0.15) is 6.20 Å². The molecule has 0 spiro atoms. The molecule has 1 aromatic carbocycles. The van der Waals surface area contributed by atoms with Gasteiger partial charge in [0.05, 0.1) is 5.56 Å². The van der Waals surface area contributed by atoms with Gasteiger partial charge in [-0.05, 0) is 17.3 Å². The first-order valence-electron chi connectivity index (χ1n) is 4.20. The van der Waals surface area contributed by atoms with E-state index in [0.717, 1.165) is 4.79 Å². The zero-order valence-corrected chi connectivity index (χ0v) is 7.70. The zero-order chi connectivity index (χ0) is 10.7. The highest BCUT2D eigenvalue weighted by atomic mass is 16.5. The monoisotopic (exact) mass is 204 g/mol. The third kappa shape index (κ3) is 1.93. The minimum Gasteiger partial charge on any atom is -0.400 e. The van der Waals surface area contributed by atoms with Crippen molar-refractivity contribution in [2.24, 2.45) is 0 Å². The summed E-state index contributed by atoms with van der Waals surface area (Å²) < 4.78 is 4.95. The van der Waals surface area contributed by atoms with E-state index >= 15 is 0 Å². The number of hydrogen-bond donors (Lipinski definition) is 1. The van der Waals surface area contributed by atoms with E-state index in [2.05, 4.69) is 10.3 Å². The van der Waals surface area contributed by atoms with Crippen molar-refractivity contribution in [3.05, 3.63) is 42.1 Å². The molecule has 0 unspecified atom stereocenters. The molecule has 0 amide bonds. The summed E-state index contributed by atoms with van der Waals surface area (Å²) in [4.78, 5) is 12.4. The second-order valence-electron chi connectivity index (χ2n) is 2.77. The Labute approximate surface area is 85.2 Å². The SMILES string of the molecule is Nn1nncc1OC(=O)c1ccccc1. The fourth-order valence-electron chi connectivity index (χ4n) is 1.04.